The van der Waals surface area contributed by atoms with Gasteiger partial charge in [-0.05, 0) is 43.0 Å². The second-order valence-corrected chi connectivity index (χ2v) is 5.37. The number of benzene rings is 1. The Morgan fingerprint density at radius 3 is 3.10 bits per heavy atom. The number of hydrogen-bond acceptors (Lipinski definition) is 3. The van der Waals surface area contributed by atoms with Crippen molar-refractivity contribution >= 4 is 24.0 Å². The molecule has 5 heteroatoms. The number of carbonyl (C=O) groups excluding carboxylic acids is 1. The molecule has 0 spiro atoms. The maximum atomic E-state index is 12.4. The minimum absolute atomic E-state index is 0. The van der Waals surface area contributed by atoms with Gasteiger partial charge in [-0.2, -0.15) is 0 Å². The minimum atomic E-state index is 0. The van der Waals surface area contributed by atoms with E-state index in [2.05, 4.69) is 5.32 Å². The zero-order valence-corrected chi connectivity index (χ0v) is 12.5. The van der Waals surface area contributed by atoms with Crippen molar-refractivity contribution in [2.45, 2.75) is 25.4 Å². The summed E-state index contributed by atoms with van der Waals surface area (Å²) in [4.78, 5) is 14.2. The van der Waals surface area contributed by atoms with E-state index in [1.165, 1.54) is 11.3 Å². The Kier molecular flexibility index (Phi) is 4.89. The zero-order valence-electron chi connectivity index (χ0n) is 11.7. The second kappa shape index (κ2) is 6.46. The Bertz CT molecular complexity index is 487. The van der Waals surface area contributed by atoms with Crippen LogP contribution in [0.5, 0.6) is 0 Å². The first-order valence-electron chi connectivity index (χ1n) is 6.98. The number of halogens is 1. The molecule has 4 nitrogen and oxygen atoms in total. The summed E-state index contributed by atoms with van der Waals surface area (Å²) in [6, 6.07) is 5.94. The van der Waals surface area contributed by atoms with Gasteiger partial charge in [-0.15, -0.1) is 12.4 Å². The lowest BCUT2D eigenvalue weighted by atomic mass is 10.1. The fourth-order valence-electron chi connectivity index (χ4n) is 2.83. The van der Waals surface area contributed by atoms with E-state index in [9.17, 15) is 4.79 Å². The molecule has 1 unspecified atom stereocenters. The number of nitrogens with one attached hydrogen (secondary N) is 1. The van der Waals surface area contributed by atoms with Crippen molar-refractivity contribution in [3.8, 4) is 0 Å². The van der Waals surface area contributed by atoms with Gasteiger partial charge in [0.1, 0.15) is 0 Å². The van der Waals surface area contributed by atoms with E-state index >= 15 is 0 Å². The molecule has 1 saturated heterocycles. The average Bonchev–Trinajstić information content (AvgIpc) is 3.07. The van der Waals surface area contributed by atoms with Crippen molar-refractivity contribution in [3.63, 3.8) is 0 Å². The van der Waals surface area contributed by atoms with E-state index in [1.54, 1.807) is 4.90 Å². The molecule has 1 aromatic rings. The molecule has 2 aliphatic rings. The molecule has 0 aromatic heterocycles. The number of ether oxygens (including phenoxy) is 1. The average molecular weight is 297 g/mol. The molecule has 1 fully saturated rings. The zero-order chi connectivity index (χ0) is 13.2. The fraction of sp³-hybridized carbons (Fsp3) is 0.533. The maximum Gasteiger partial charge on any atom is 0.253 e. The van der Waals surface area contributed by atoms with Crippen molar-refractivity contribution in [2.24, 2.45) is 0 Å². The first kappa shape index (κ1) is 15.1. The smallest absolute Gasteiger partial charge is 0.253 e. The van der Waals surface area contributed by atoms with Gasteiger partial charge in [-0.1, -0.05) is 0 Å². The van der Waals surface area contributed by atoms with Crippen molar-refractivity contribution in [3.05, 3.63) is 29.3 Å². The van der Waals surface area contributed by atoms with Crippen LogP contribution in [0.1, 0.15) is 28.8 Å². The van der Waals surface area contributed by atoms with E-state index in [0.29, 0.717) is 6.54 Å². The highest BCUT2D eigenvalue weighted by Crippen LogP contribution is 2.23. The van der Waals surface area contributed by atoms with Crippen LogP contribution in [-0.4, -0.2) is 43.7 Å². The number of anilines is 1. The number of fused-ring (bicyclic) bond motifs is 1. The molecule has 3 rings (SSSR count). The third-order valence-electron chi connectivity index (χ3n) is 3.91. The van der Waals surface area contributed by atoms with Gasteiger partial charge in [0, 0.05) is 38.0 Å². The molecule has 1 aromatic carbocycles. The quantitative estimate of drug-likeness (QED) is 0.931. The SMILES string of the molecule is CN(CC1CCCO1)C(=O)c1ccc2c(c1)CCN2.Cl. The first-order chi connectivity index (χ1) is 9.24. The predicted molar refractivity (Wildman–Crippen MR) is 81.8 cm³/mol. The summed E-state index contributed by atoms with van der Waals surface area (Å²) in [5.74, 6) is 0.0881. The lowest BCUT2D eigenvalue weighted by molar-refractivity contribution is 0.0587. The van der Waals surface area contributed by atoms with E-state index in [1.807, 2.05) is 25.2 Å². The van der Waals surface area contributed by atoms with Gasteiger partial charge in [0.15, 0.2) is 0 Å². The standard InChI is InChI=1S/C15H20N2O2.ClH/c1-17(10-13-3-2-8-19-13)15(18)12-4-5-14-11(9-12)6-7-16-14;/h4-5,9,13,16H,2-3,6-8,10H2,1H3;1H. The molecular weight excluding hydrogens is 276 g/mol. The predicted octanol–water partition coefficient (Wildman–Crippen LogP) is 2.33. The van der Waals surface area contributed by atoms with Gasteiger partial charge in [-0.25, -0.2) is 0 Å². The van der Waals surface area contributed by atoms with Gasteiger partial charge >= 0.3 is 0 Å². The molecule has 0 bridgehead atoms. The first-order valence-corrected chi connectivity index (χ1v) is 6.98. The summed E-state index contributed by atoms with van der Waals surface area (Å²) in [6.45, 7) is 2.49. The highest BCUT2D eigenvalue weighted by atomic mass is 35.5. The lowest BCUT2D eigenvalue weighted by Crippen LogP contribution is -2.34. The summed E-state index contributed by atoms with van der Waals surface area (Å²) < 4.78 is 5.58. The van der Waals surface area contributed by atoms with Crippen LogP contribution in [0.15, 0.2) is 18.2 Å². The molecule has 0 saturated carbocycles. The van der Waals surface area contributed by atoms with E-state index < -0.39 is 0 Å². The number of rotatable bonds is 3. The van der Waals surface area contributed by atoms with Crippen molar-refractivity contribution in [1.82, 2.24) is 4.90 Å². The van der Waals surface area contributed by atoms with Crippen molar-refractivity contribution in [2.75, 3.05) is 32.1 Å². The van der Waals surface area contributed by atoms with Crippen LogP contribution in [-0.2, 0) is 11.2 Å². The van der Waals surface area contributed by atoms with E-state index in [-0.39, 0.29) is 24.4 Å². The summed E-state index contributed by atoms with van der Waals surface area (Å²) >= 11 is 0. The number of carbonyl (C=O) groups is 1. The maximum absolute atomic E-state index is 12.4. The topological polar surface area (TPSA) is 41.6 Å². The van der Waals surface area contributed by atoms with E-state index in [0.717, 1.165) is 38.0 Å². The van der Waals surface area contributed by atoms with Gasteiger partial charge in [-0.3, -0.25) is 4.79 Å². The Labute approximate surface area is 125 Å². The molecule has 1 atom stereocenters. The highest BCUT2D eigenvalue weighted by Gasteiger charge is 2.21. The van der Waals surface area contributed by atoms with Gasteiger partial charge in [0.05, 0.1) is 6.10 Å². The van der Waals surface area contributed by atoms with Crippen molar-refractivity contribution in [1.29, 1.82) is 0 Å². The van der Waals surface area contributed by atoms with Crippen LogP contribution >= 0.6 is 12.4 Å². The summed E-state index contributed by atoms with van der Waals surface area (Å²) in [6.07, 6.45) is 3.39. The Hall–Kier alpha value is -1.26. The minimum Gasteiger partial charge on any atom is -0.384 e. The largest absolute Gasteiger partial charge is 0.384 e. The molecule has 0 radical (unpaired) electrons. The third kappa shape index (κ3) is 3.07. The van der Waals surface area contributed by atoms with Crippen molar-refractivity contribution < 1.29 is 9.53 Å². The lowest BCUT2D eigenvalue weighted by Gasteiger charge is -2.21. The Balaban J connectivity index is 0.00000147. The van der Waals surface area contributed by atoms with Gasteiger partial charge in [0.2, 0.25) is 0 Å². The van der Waals surface area contributed by atoms with Crippen LogP contribution in [0.2, 0.25) is 0 Å². The van der Waals surface area contributed by atoms with Crippen LogP contribution < -0.4 is 5.32 Å². The second-order valence-electron chi connectivity index (χ2n) is 5.37. The fourth-order valence-corrected chi connectivity index (χ4v) is 2.83. The Morgan fingerprint density at radius 1 is 1.50 bits per heavy atom. The summed E-state index contributed by atoms with van der Waals surface area (Å²) in [5.41, 5.74) is 3.19. The molecule has 1 amide bonds. The number of amides is 1. The van der Waals surface area contributed by atoms with Crippen LogP contribution in [0.4, 0.5) is 5.69 Å². The molecular formula is C15H21ClN2O2. The monoisotopic (exact) mass is 296 g/mol. The van der Waals surface area contributed by atoms with Crippen LogP contribution in [0.25, 0.3) is 0 Å². The number of likely N-dealkylation sites (N-methyl/N-ethyl adjacent to an activating group) is 1. The Morgan fingerprint density at radius 2 is 2.35 bits per heavy atom. The highest BCUT2D eigenvalue weighted by molar-refractivity contribution is 5.95. The molecule has 1 N–H and O–H groups in total. The number of nitrogens with zero attached hydrogens (tertiary/aromatic N) is 1. The van der Waals surface area contributed by atoms with Crippen LogP contribution in [0.3, 0.4) is 0 Å². The normalized spacial score (nSPS) is 19.9. The summed E-state index contributed by atoms with van der Waals surface area (Å²) in [5, 5.41) is 3.31. The van der Waals surface area contributed by atoms with Crippen LogP contribution in [0, 0.1) is 0 Å². The molecule has 2 aliphatic heterocycles. The van der Waals surface area contributed by atoms with E-state index in [4.69, 9.17) is 4.74 Å². The molecule has 110 valence electrons. The number of hydrogen-bond donors (Lipinski definition) is 1. The van der Waals surface area contributed by atoms with Gasteiger partial charge in [0.25, 0.3) is 5.91 Å². The van der Waals surface area contributed by atoms with Gasteiger partial charge < -0.3 is 15.0 Å². The molecule has 2 heterocycles. The molecule has 0 aliphatic carbocycles. The summed E-state index contributed by atoms with van der Waals surface area (Å²) in [7, 11) is 1.86. The molecule has 20 heavy (non-hydrogen) atoms. The third-order valence-corrected chi connectivity index (χ3v) is 3.91.